The molecule has 1 amide bonds. The van der Waals surface area contributed by atoms with Crippen LogP contribution in [0.25, 0.3) is 0 Å². The van der Waals surface area contributed by atoms with E-state index in [9.17, 15) is 4.79 Å². The van der Waals surface area contributed by atoms with Gasteiger partial charge in [-0.25, -0.2) is 0 Å². The Balaban J connectivity index is 1.84. The molecule has 4 heteroatoms. The zero-order valence-electron chi connectivity index (χ0n) is 9.93. The van der Waals surface area contributed by atoms with Crippen molar-refractivity contribution in [1.82, 2.24) is 10.3 Å². The largest absolute Gasteiger partial charge is 0.352 e. The topological polar surface area (TPSA) is 68.0 Å². The molecule has 92 valence electrons. The predicted octanol–water partition coefficient (Wildman–Crippen LogP) is 1.22. The highest BCUT2D eigenvalue weighted by Crippen LogP contribution is 2.23. The van der Waals surface area contributed by atoms with Crippen molar-refractivity contribution in [2.45, 2.75) is 38.3 Å². The Morgan fingerprint density at radius 3 is 2.76 bits per heavy atom. The lowest BCUT2D eigenvalue weighted by Crippen LogP contribution is -2.43. The van der Waals surface area contributed by atoms with Crippen LogP contribution in [0.3, 0.4) is 0 Å². The van der Waals surface area contributed by atoms with Crippen LogP contribution in [0.5, 0.6) is 0 Å². The first-order valence-corrected chi connectivity index (χ1v) is 6.19. The van der Waals surface area contributed by atoms with Crippen LogP contribution in [-0.2, 0) is 11.3 Å². The number of carbonyl (C=O) groups excluding carboxylic acids is 1. The van der Waals surface area contributed by atoms with Gasteiger partial charge in [-0.15, -0.1) is 0 Å². The third-order valence-corrected chi connectivity index (χ3v) is 3.37. The van der Waals surface area contributed by atoms with Crippen LogP contribution >= 0.6 is 0 Å². The molecule has 0 bridgehead atoms. The first-order valence-electron chi connectivity index (χ1n) is 6.19. The standard InChI is InChI=1S/C13H19N3O/c14-12-4-2-1-3-11(12)13(17)16-9-10-5-7-15-8-6-10/h5-8,11-12H,1-4,9,14H2,(H,16,17). The summed E-state index contributed by atoms with van der Waals surface area (Å²) in [4.78, 5) is 15.9. The number of pyridine rings is 1. The quantitative estimate of drug-likeness (QED) is 0.824. The van der Waals surface area contributed by atoms with E-state index in [1.807, 2.05) is 12.1 Å². The summed E-state index contributed by atoms with van der Waals surface area (Å²) in [5.74, 6) is 0.0830. The summed E-state index contributed by atoms with van der Waals surface area (Å²) in [6, 6.07) is 3.84. The van der Waals surface area contributed by atoms with E-state index in [0.29, 0.717) is 6.54 Å². The second-order valence-corrected chi connectivity index (χ2v) is 4.63. The molecule has 1 aromatic rings. The molecule has 2 rings (SSSR count). The summed E-state index contributed by atoms with van der Waals surface area (Å²) in [6.45, 7) is 0.560. The molecule has 3 N–H and O–H groups in total. The van der Waals surface area contributed by atoms with Crippen LogP contribution in [-0.4, -0.2) is 16.9 Å². The summed E-state index contributed by atoms with van der Waals surface area (Å²) >= 11 is 0. The number of carbonyl (C=O) groups is 1. The van der Waals surface area contributed by atoms with Gasteiger partial charge in [0.1, 0.15) is 0 Å². The normalized spacial score (nSPS) is 24.3. The molecule has 1 aliphatic carbocycles. The van der Waals surface area contributed by atoms with Crippen LogP contribution in [0.1, 0.15) is 31.2 Å². The van der Waals surface area contributed by atoms with E-state index in [1.54, 1.807) is 12.4 Å². The van der Waals surface area contributed by atoms with Crippen molar-refractivity contribution >= 4 is 5.91 Å². The number of nitrogens with two attached hydrogens (primary N) is 1. The van der Waals surface area contributed by atoms with Gasteiger partial charge >= 0.3 is 0 Å². The van der Waals surface area contributed by atoms with E-state index in [2.05, 4.69) is 10.3 Å². The number of hydrogen-bond donors (Lipinski definition) is 2. The molecule has 1 aliphatic rings. The van der Waals surface area contributed by atoms with Gasteiger partial charge < -0.3 is 11.1 Å². The molecule has 0 radical (unpaired) electrons. The smallest absolute Gasteiger partial charge is 0.224 e. The summed E-state index contributed by atoms with van der Waals surface area (Å²) in [5.41, 5.74) is 7.05. The highest BCUT2D eigenvalue weighted by atomic mass is 16.1. The molecular formula is C13H19N3O. The summed E-state index contributed by atoms with van der Waals surface area (Å²) in [5, 5.41) is 2.95. The lowest BCUT2D eigenvalue weighted by atomic mass is 9.84. The summed E-state index contributed by atoms with van der Waals surface area (Å²) in [6.07, 6.45) is 7.61. The number of aromatic nitrogens is 1. The van der Waals surface area contributed by atoms with Gasteiger partial charge in [0, 0.05) is 25.0 Å². The Labute approximate surface area is 102 Å². The zero-order chi connectivity index (χ0) is 12.1. The van der Waals surface area contributed by atoms with Crippen molar-refractivity contribution in [2.24, 2.45) is 11.7 Å². The Morgan fingerprint density at radius 1 is 1.35 bits per heavy atom. The predicted molar refractivity (Wildman–Crippen MR) is 66.0 cm³/mol. The molecule has 2 unspecified atom stereocenters. The highest BCUT2D eigenvalue weighted by molar-refractivity contribution is 5.79. The van der Waals surface area contributed by atoms with Gasteiger partial charge in [0.05, 0.1) is 5.92 Å². The van der Waals surface area contributed by atoms with Gasteiger partial charge in [0.15, 0.2) is 0 Å². The SMILES string of the molecule is NC1CCCCC1C(=O)NCc1ccncc1. The van der Waals surface area contributed by atoms with Crippen LogP contribution < -0.4 is 11.1 Å². The van der Waals surface area contributed by atoms with Crippen LogP contribution in [0, 0.1) is 5.92 Å². The molecule has 17 heavy (non-hydrogen) atoms. The number of nitrogens with zero attached hydrogens (tertiary/aromatic N) is 1. The molecule has 1 aromatic heterocycles. The first-order chi connectivity index (χ1) is 8.27. The lowest BCUT2D eigenvalue weighted by molar-refractivity contribution is -0.126. The Hall–Kier alpha value is -1.42. The number of amides is 1. The van der Waals surface area contributed by atoms with E-state index in [4.69, 9.17) is 5.73 Å². The van der Waals surface area contributed by atoms with Crippen molar-refractivity contribution in [3.05, 3.63) is 30.1 Å². The molecule has 1 heterocycles. The minimum atomic E-state index is -0.00872. The van der Waals surface area contributed by atoms with Gasteiger partial charge in [0.2, 0.25) is 5.91 Å². The monoisotopic (exact) mass is 233 g/mol. The third-order valence-electron chi connectivity index (χ3n) is 3.37. The maximum Gasteiger partial charge on any atom is 0.224 e. The first kappa shape index (κ1) is 12.0. The fourth-order valence-corrected chi connectivity index (χ4v) is 2.31. The second-order valence-electron chi connectivity index (χ2n) is 4.63. The lowest BCUT2D eigenvalue weighted by Gasteiger charge is -2.27. The highest BCUT2D eigenvalue weighted by Gasteiger charge is 2.27. The third kappa shape index (κ3) is 3.27. The van der Waals surface area contributed by atoms with Crippen LogP contribution in [0.15, 0.2) is 24.5 Å². The zero-order valence-corrected chi connectivity index (χ0v) is 9.93. The van der Waals surface area contributed by atoms with Gasteiger partial charge in [-0.05, 0) is 30.5 Å². The molecule has 0 saturated heterocycles. The van der Waals surface area contributed by atoms with Crippen molar-refractivity contribution in [3.63, 3.8) is 0 Å². The van der Waals surface area contributed by atoms with Gasteiger partial charge in [0.25, 0.3) is 0 Å². The van der Waals surface area contributed by atoms with Gasteiger partial charge in [-0.3, -0.25) is 9.78 Å². The maximum atomic E-state index is 12.0. The Morgan fingerprint density at radius 2 is 2.06 bits per heavy atom. The van der Waals surface area contributed by atoms with Crippen molar-refractivity contribution < 1.29 is 4.79 Å². The molecule has 1 fully saturated rings. The summed E-state index contributed by atoms with van der Waals surface area (Å²) in [7, 11) is 0. The van der Waals surface area contributed by atoms with Crippen molar-refractivity contribution in [1.29, 1.82) is 0 Å². The average Bonchev–Trinajstić information content (AvgIpc) is 2.38. The van der Waals surface area contributed by atoms with E-state index in [1.165, 1.54) is 0 Å². The van der Waals surface area contributed by atoms with Crippen molar-refractivity contribution in [3.8, 4) is 0 Å². The Bertz CT molecular complexity index is 366. The second kappa shape index (κ2) is 5.77. The van der Waals surface area contributed by atoms with E-state index in [-0.39, 0.29) is 17.9 Å². The molecular weight excluding hydrogens is 214 g/mol. The van der Waals surface area contributed by atoms with Crippen LogP contribution in [0.2, 0.25) is 0 Å². The number of nitrogens with one attached hydrogen (secondary N) is 1. The number of rotatable bonds is 3. The molecule has 2 atom stereocenters. The molecule has 1 saturated carbocycles. The van der Waals surface area contributed by atoms with E-state index >= 15 is 0 Å². The average molecular weight is 233 g/mol. The minimum Gasteiger partial charge on any atom is -0.352 e. The summed E-state index contributed by atoms with van der Waals surface area (Å²) < 4.78 is 0. The van der Waals surface area contributed by atoms with E-state index in [0.717, 1.165) is 31.2 Å². The van der Waals surface area contributed by atoms with Gasteiger partial charge in [-0.2, -0.15) is 0 Å². The molecule has 0 spiro atoms. The van der Waals surface area contributed by atoms with E-state index < -0.39 is 0 Å². The fourth-order valence-electron chi connectivity index (χ4n) is 2.31. The minimum absolute atomic E-state index is 0.00872. The molecule has 0 aromatic carbocycles. The van der Waals surface area contributed by atoms with Gasteiger partial charge in [-0.1, -0.05) is 12.8 Å². The maximum absolute atomic E-state index is 12.0. The molecule has 4 nitrogen and oxygen atoms in total. The Kier molecular flexibility index (Phi) is 4.09. The van der Waals surface area contributed by atoms with Crippen molar-refractivity contribution in [2.75, 3.05) is 0 Å². The number of hydrogen-bond acceptors (Lipinski definition) is 3. The molecule has 0 aliphatic heterocycles. The van der Waals surface area contributed by atoms with Crippen LogP contribution in [0.4, 0.5) is 0 Å². The fraction of sp³-hybridized carbons (Fsp3) is 0.538.